The number of ether oxygens (including phenoxy) is 1. The van der Waals surface area contributed by atoms with Crippen LogP contribution >= 0.6 is 12.4 Å². The summed E-state index contributed by atoms with van der Waals surface area (Å²) < 4.78 is 5.78. The van der Waals surface area contributed by atoms with Crippen molar-refractivity contribution in [3.63, 3.8) is 0 Å². The van der Waals surface area contributed by atoms with Gasteiger partial charge < -0.3 is 4.74 Å². The number of fused-ring (bicyclic) bond motifs is 1. The first-order valence-corrected chi connectivity index (χ1v) is 6.87. The van der Waals surface area contributed by atoms with Crippen molar-refractivity contribution in [2.75, 3.05) is 19.6 Å². The van der Waals surface area contributed by atoms with Gasteiger partial charge in [-0.2, -0.15) is 0 Å². The van der Waals surface area contributed by atoms with Gasteiger partial charge in [0.05, 0.1) is 5.56 Å². The summed E-state index contributed by atoms with van der Waals surface area (Å²) in [4.78, 5) is 14.5. The number of hydrogen-bond donors (Lipinski definition) is 0. The molecule has 20 heavy (non-hydrogen) atoms. The first-order chi connectivity index (χ1) is 9.22. The van der Waals surface area contributed by atoms with Crippen LogP contribution in [0.15, 0.2) is 36.9 Å². The third kappa shape index (κ3) is 2.74. The number of hydrogen-bond acceptors (Lipinski definition) is 3. The number of esters is 1. The third-order valence-electron chi connectivity index (χ3n) is 4.21. The molecule has 0 bridgehead atoms. The van der Waals surface area contributed by atoms with E-state index in [1.165, 1.54) is 0 Å². The fourth-order valence-corrected chi connectivity index (χ4v) is 3.11. The number of rotatable bonds is 2. The molecule has 2 aliphatic heterocycles. The van der Waals surface area contributed by atoms with Gasteiger partial charge in [0.25, 0.3) is 0 Å². The smallest absolute Gasteiger partial charge is 0.338 e. The molecule has 1 saturated heterocycles. The minimum Gasteiger partial charge on any atom is -0.455 e. The SMILES string of the molecule is C=CCN1CCC2(CC1)Cc1ccccc1C(=O)O2.Cl. The largest absolute Gasteiger partial charge is 0.455 e. The maximum atomic E-state index is 12.1. The fraction of sp³-hybridized carbons (Fsp3) is 0.438. The van der Waals surface area contributed by atoms with Crippen LogP contribution in [-0.4, -0.2) is 36.1 Å². The zero-order chi connectivity index (χ0) is 13.3. The second kappa shape index (κ2) is 5.98. The van der Waals surface area contributed by atoms with Crippen molar-refractivity contribution in [3.05, 3.63) is 48.0 Å². The predicted molar refractivity (Wildman–Crippen MR) is 81.4 cm³/mol. The van der Waals surface area contributed by atoms with Crippen LogP contribution in [0.5, 0.6) is 0 Å². The number of piperidine rings is 1. The first kappa shape index (κ1) is 15.1. The molecule has 0 radical (unpaired) electrons. The highest BCUT2D eigenvalue weighted by Crippen LogP contribution is 2.35. The summed E-state index contributed by atoms with van der Waals surface area (Å²) in [6.07, 6.45) is 4.62. The summed E-state index contributed by atoms with van der Waals surface area (Å²) in [6, 6.07) is 7.80. The number of nitrogens with zero attached hydrogens (tertiary/aromatic N) is 1. The highest BCUT2D eigenvalue weighted by molar-refractivity contribution is 5.92. The predicted octanol–water partition coefficient (Wildman–Crippen LogP) is 2.84. The molecule has 0 saturated carbocycles. The Balaban J connectivity index is 0.00000147. The van der Waals surface area contributed by atoms with Crippen LogP contribution < -0.4 is 0 Å². The van der Waals surface area contributed by atoms with Crippen LogP contribution in [0.4, 0.5) is 0 Å². The van der Waals surface area contributed by atoms with E-state index < -0.39 is 0 Å². The Morgan fingerprint density at radius 1 is 1.30 bits per heavy atom. The molecule has 0 N–H and O–H groups in total. The monoisotopic (exact) mass is 293 g/mol. The Hall–Kier alpha value is -1.32. The minimum absolute atomic E-state index is 0. The van der Waals surface area contributed by atoms with Gasteiger partial charge in [-0.3, -0.25) is 4.90 Å². The van der Waals surface area contributed by atoms with Crippen molar-refractivity contribution in [2.45, 2.75) is 24.9 Å². The normalized spacial score (nSPS) is 20.7. The van der Waals surface area contributed by atoms with E-state index in [9.17, 15) is 4.79 Å². The Labute approximate surface area is 126 Å². The van der Waals surface area contributed by atoms with E-state index in [4.69, 9.17) is 4.74 Å². The molecule has 1 fully saturated rings. The van der Waals surface area contributed by atoms with E-state index in [-0.39, 0.29) is 24.0 Å². The summed E-state index contributed by atoms with van der Waals surface area (Å²) >= 11 is 0. The van der Waals surface area contributed by atoms with E-state index in [0.29, 0.717) is 0 Å². The minimum atomic E-state index is -0.275. The molecule has 0 atom stereocenters. The lowest BCUT2D eigenvalue weighted by Crippen LogP contribution is -2.50. The van der Waals surface area contributed by atoms with Crippen molar-refractivity contribution in [2.24, 2.45) is 0 Å². The zero-order valence-electron chi connectivity index (χ0n) is 11.5. The molecular formula is C16H20ClNO2. The highest BCUT2D eigenvalue weighted by Gasteiger charge is 2.42. The molecule has 1 aromatic carbocycles. The average molecular weight is 294 g/mol. The van der Waals surface area contributed by atoms with Gasteiger partial charge in [-0.05, 0) is 11.6 Å². The van der Waals surface area contributed by atoms with Gasteiger partial charge >= 0.3 is 5.97 Å². The quantitative estimate of drug-likeness (QED) is 0.620. The molecule has 1 aromatic rings. The number of carbonyl (C=O) groups excluding carboxylic acids is 1. The van der Waals surface area contributed by atoms with Crippen molar-refractivity contribution >= 4 is 18.4 Å². The van der Waals surface area contributed by atoms with Crippen molar-refractivity contribution in [1.29, 1.82) is 0 Å². The third-order valence-corrected chi connectivity index (χ3v) is 4.21. The zero-order valence-corrected chi connectivity index (χ0v) is 12.3. The maximum absolute atomic E-state index is 12.1. The van der Waals surface area contributed by atoms with E-state index in [2.05, 4.69) is 11.5 Å². The first-order valence-electron chi connectivity index (χ1n) is 6.87. The molecule has 3 nitrogen and oxygen atoms in total. The van der Waals surface area contributed by atoms with E-state index in [0.717, 1.165) is 50.0 Å². The van der Waals surface area contributed by atoms with Gasteiger partial charge in [0.2, 0.25) is 0 Å². The Bertz CT molecular complexity index is 507. The van der Waals surface area contributed by atoms with Crippen LogP contribution in [0.25, 0.3) is 0 Å². The lowest BCUT2D eigenvalue weighted by molar-refractivity contribution is -0.0551. The summed E-state index contributed by atoms with van der Waals surface area (Å²) in [5, 5.41) is 0. The second-order valence-corrected chi connectivity index (χ2v) is 5.50. The van der Waals surface area contributed by atoms with Gasteiger partial charge in [-0.15, -0.1) is 19.0 Å². The molecular weight excluding hydrogens is 274 g/mol. The topological polar surface area (TPSA) is 29.5 Å². The molecule has 0 aromatic heterocycles. The van der Waals surface area contributed by atoms with Gasteiger partial charge in [0, 0.05) is 38.9 Å². The number of benzene rings is 1. The molecule has 0 unspecified atom stereocenters. The van der Waals surface area contributed by atoms with Gasteiger partial charge in [0.1, 0.15) is 5.60 Å². The molecule has 0 amide bonds. The standard InChI is InChI=1S/C16H19NO2.ClH/c1-2-9-17-10-7-16(8-11-17)12-13-5-3-4-6-14(13)15(18)19-16;/h2-6H,1,7-12H2;1H. The van der Waals surface area contributed by atoms with Crippen LogP contribution in [0.3, 0.4) is 0 Å². The van der Waals surface area contributed by atoms with Crippen molar-refractivity contribution < 1.29 is 9.53 Å². The Kier molecular flexibility index (Phi) is 4.51. The maximum Gasteiger partial charge on any atom is 0.338 e. The molecule has 2 aliphatic rings. The summed E-state index contributed by atoms with van der Waals surface area (Å²) in [5.74, 6) is -0.154. The number of halogens is 1. The van der Waals surface area contributed by atoms with E-state index in [1.807, 2.05) is 30.3 Å². The fourth-order valence-electron chi connectivity index (χ4n) is 3.11. The Morgan fingerprint density at radius 3 is 2.70 bits per heavy atom. The second-order valence-electron chi connectivity index (χ2n) is 5.50. The summed E-state index contributed by atoms with van der Waals surface area (Å²) in [6.45, 7) is 6.64. The Morgan fingerprint density at radius 2 is 2.00 bits per heavy atom. The van der Waals surface area contributed by atoms with E-state index >= 15 is 0 Å². The van der Waals surface area contributed by atoms with Crippen molar-refractivity contribution in [1.82, 2.24) is 4.90 Å². The van der Waals surface area contributed by atoms with Crippen LogP contribution in [0.2, 0.25) is 0 Å². The highest BCUT2D eigenvalue weighted by atomic mass is 35.5. The van der Waals surface area contributed by atoms with Crippen molar-refractivity contribution in [3.8, 4) is 0 Å². The number of likely N-dealkylation sites (tertiary alicyclic amines) is 1. The molecule has 1 spiro atoms. The lowest BCUT2D eigenvalue weighted by Gasteiger charge is -2.43. The summed E-state index contributed by atoms with van der Waals surface area (Å²) in [7, 11) is 0. The molecule has 3 rings (SSSR count). The van der Waals surface area contributed by atoms with Gasteiger partial charge in [-0.1, -0.05) is 24.3 Å². The van der Waals surface area contributed by atoms with Gasteiger partial charge in [0.15, 0.2) is 0 Å². The van der Waals surface area contributed by atoms with Crippen LogP contribution in [-0.2, 0) is 11.2 Å². The molecule has 2 heterocycles. The summed E-state index contributed by atoms with van der Waals surface area (Å²) in [5.41, 5.74) is 1.60. The van der Waals surface area contributed by atoms with Gasteiger partial charge in [-0.25, -0.2) is 4.79 Å². The van der Waals surface area contributed by atoms with E-state index in [1.54, 1.807) is 0 Å². The lowest BCUT2D eigenvalue weighted by atomic mass is 9.81. The number of carbonyl (C=O) groups is 1. The van der Waals surface area contributed by atoms with Crippen LogP contribution in [0.1, 0.15) is 28.8 Å². The average Bonchev–Trinajstić information content (AvgIpc) is 2.42. The molecule has 0 aliphatic carbocycles. The molecule has 108 valence electrons. The van der Waals surface area contributed by atoms with Crippen LogP contribution in [0, 0.1) is 0 Å². The molecule has 4 heteroatoms.